The zero-order valence-corrected chi connectivity index (χ0v) is 11.2. The number of methoxy groups -OCH3 is 1. The minimum absolute atomic E-state index is 0.0328. The van der Waals surface area contributed by atoms with Gasteiger partial charge in [0, 0.05) is 20.1 Å². The number of amides is 2. The Bertz CT molecular complexity index is 388. The Hall–Kier alpha value is -1.14. The van der Waals surface area contributed by atoms with Crippen LogP contribution in [-0.4, -0.2) is 61.8 Å². The molecule has 1 aliphatic carbocycles. The van der Waals surface area contributed by atoms with E-state index in [1.807, 2.05) is 0 Å². The van der Waals surface area contributed by atoms with Gasteiger partial charge >= 0.3 is 0 Å². The quantitative estimate of drug-likeness (QED) is 0.748. The molecule has 0 bridgehead atoms. The Morgan fingerprint density at radius 3 is 2.84 bits per heavy atom. The van der Waals surface area contributed by atoms with E-state index in [-0.39, 0.29) is 24.4 Å². The molecule has 0 aromatic carbocycles. The summed E-state index contributed by atoms with van der Waals surface area (Å²) in [5.41, 5.74) is -0.443. The molecule has 6 nitrogen and oxygen atoms in total. The summed E-state index contributed by atoms with van der Waals surface area (Å²) in [6.45, 7) is 1.71. The Morgan fingerprint density at radius 1 is 1.47 bits per heavy atom. The zero-order valence-electron chi connectivity index (χ0n) is 11.2. The maximum Gasteiger partial charge on any atom is 0.246 e. The minimum Gasteiger partial charge on any atom is -0.378 e. The van der Waals surface area contributed by atoms with Crippen LogP contribution >= 0.6 is 0 Å². The van der Waals surface area contributed by atoms with Gasteiger partial charge in [-0.25, -0.2) is 0 Å². The van der Waals surface area contributed by atoms with Crippen molar-refractivity contribution < 1.29 is 19.1 Å². The first kappa shape index (κ1) is 12.9. The van der Waals surface area contributed by atoms with Crippen LogP contribution in [0.3, 0.4) is 0 Å². The van der Waals surface area contributed by atoms with Crippen LogP contribution in [-0.2, 0) is 19.1 Å². The largest absolute Gasteiger partial charge is 0.378 e. The fourth-order valence-corrected chi connectivity index (χ4v) is 2.90. The summed E-state index contributed by atoms with van der Waals surface area (Å²) >= 11 is 0. The van der Waals surface area contributed by atoms with Crippen LogP contribution in [0.15, 0.2) is 0 Å². The molecule has 6 heteroatoms. The number of carbonyl (C=O) groups excluding carboxylic acids is 2. The van der Waals surface area contributed by atoms with Gasteiger partial charge in [-0.05, 0) is 18.8 Å². The summed E-state index contributed by atoms with van der Waals surface area (Å²) in [7, 11) is 1.64. The normalized spacial score (nSPS) is 35.6. The average molecular weight is 268 g/mol. The molecule has 3 rings (SSSR count). The summed E-state index contributed by atoms with van der Waals surface area (Å²) in [4.78, 5) is 25.8. The highest BCUT2D eigenvalue weighted by molar-refractivity contribution is 5.95. The first-order valence-corrected chi connectivity index (χ1v) is 6.85. The van der Waals surface area contributed by atoms with E-state index >= 15 is 0 Å². The average Bonchev–Trinajstić information content (AvgIpc) is 3.14. The number of hydrogen-bond acceptors (Lipinski definition) is 4. The van der Waals surface area contributed by atoms with Gasteiger partial charge in [-0.15, -0.1) is 0 Å². The number of nitrogens with zero attached hydrogens (tertiary/aromatic N) is 1. The van der Waals surface area contributed by atoms with Crippen LogP contribution in [0.4, 0.5) is 0 Å². The van der Waals surface area contributed by atoms with Gasteiger partial charge in [0.25, 0.3) is 0 Å². The van der Waals surface area contributed by atoms with Gasteiger partial charge in [-0.1, -0.05) is 0 Å². The lowest BCUT2D eigenvalue weighted by Gasteiger charge is -2.38. The maximum absolute atomic E-state index is 12.4. The molecule has 2 unspecified atom stereocenters. The van der Waals surface area contributed by atoms with E-state index in [1.165, 1.54) is 0 Å². The molecule has 2 amide bonds. The van der Waals surface area contributed by atoms with Crippen LogP contribution in [0.2, 0.25) is 0 Å². The topological polar surface area (TPSA) is 67.9 Å². The van der Waals surface area contributed by atoms with E-state index in [0.29, 0.717) is 25.7 Å². The molecule has 3 aliphatic rings. The third-order valence-corrected chi connectivity index (χ3v) is 4.30. The van der Waals surface area contributed by atoms with Crippen LogP contribution in [0.25, 0.3) is 0 Å². The molecular formula is C13H20N2O4. The van der Waals surface area contributed by atoms with Crippen molar-refractivity contribution >= 4 is 11.8 Å². The molecule has 1 saturated carbocycles. The summed E-state index contributed by atoms with van der Waals surface area (Å²) in [6, 6.07) is -0.322. The molecule has 0 aromatic heterocycles. The molecular weight excluding hydrogens is 248 g/mol. The zero-order chi connectivity index (χ0) is 13.5. The highest BCUT2D eigenvalue weighted by Crippen LogP contribution is 2.35. The molecule has 0 radical (unpaired) electrons. The summed E-state index contributed by atoms with van der Waals surface area (Å²) < 4.78 is 10.9. The van der Waals surface area contributed by atoms with Crippen LogP contribution < -0.4 is 5.32 Å². The van der Waals surface area contributed by atoms with Crippen LogP contribution in [0, 0.1) is 5.92 Å². The van der Waals surface area contributed by atoms with Gasteiger partial charge in [-0.3, -0.25) is 9.59 Å². The Morgan fingerprint density at radius 2 is 2.26 bits per heavy atom. The van der Waals surface area contributed by atoms with E-state index in [9.17, 15) is 9.59 Å². The molecule has 2 saturated heterocycles. The predicted molar refractivity (Wildman–Crippen MR) is 66.4 cm³/mol. The second-order valence-electron chi connectivity index (χ2n) is 5.77. The second-order valence-corrected chi connectivity index (χ2v) is 5.77. The van der Waals surface area contributed by atoms with Crippen LogP contribution in [0.5, 0.6) is 0 Å². The summed E-state index contributed by atoms with van der Waals surface area (Å²) in [5.74, 6) is 0.296. The SMILES string of the molecule is COC1(CN2CC(=O)NC(C3CC3)C2=O)CCOC1. The fraction of sp³-hybridized carbons (Fsp3) is 0.846. The van der Waals surface area contributed by atoms with E-state index in [4.69, 9.17) is 9.47 Å². The van der Waals surface area contributed by atoms with E-state index in [1.54, 1.807) is 12.0 Å². The number of hydrogen-bond donors (Lipinski definition) is 1. The Kier molecular flexibility index (Phi) is 3.22. The number of piperazine rings is 1. The molecule has 2 atom stereocenters. The van der Waals surface area contributed by atoms with Crippen molar-refractivity contribution in [3.8, 4) is 0 Å². The molecule has 106 valence electrons. The molecule has 1 N–H and O–H groups in total. The monoisotopic (exact) mass is 268 g/mol. The molecule has 2 heterocycles. The summed E-state index contributed by atoms with van der Waals surface area (Å²) in [5, 5.41) is 2.81. The number of nitrogens with one attached hydrogen (secondary N) is 1. The maximum atomic E-state index is 12.4. The third kappa shape index (κ3) is 2.47. The molecule has 3 fully saturated rings. The highest BCUT2D eigenvalue weighted by atomic mass is 16.5. The Labute approximate surface area is 112 Å². The summed E-state index contributed by atoms with van der Waals surface area (Å²) in [6.07, 6.45) is 2.83. The van der Waals surface area contributed by atoms with Crippen molar-refractivity contribution in [1.29, 1.82) is 0 Å². The van der Waals surface area contributed by atoms with Gasteiger partial charge in [0.15, 0.2) is 0 Å². The van der Waals surface area contributed by atoms with E-state index in [0.717, 1.165) is 19.3 Å². The minimum atomic E-state index is -0.443. The highest BCUT2D eigenvalue weighted by Gasteiger charge is 2.46. The van der Waals surface area contributed by atoms with Gasteiger partial charge in [-0.2, -0.15) is 0 Å². The van der Waals surface area contributed by atoms with E-state index in [2.05, 4.69) is 5.32 Å². The van der Waals surface area contributed by atoms with Crippen molar-refractivity contribution in [2.75, 3.05) is 33.4 Å². The lowest BCUT2D eigenvalue weighted by Crippen LogP contribution is -2.62. The first-order chi connectivity index (χ1) is 9.13. The third-order valence-electron chi connectivity index (χ3n) is 4.30. The number of carbonyl (C=O) groups is 2. The number of rotatable bonds is 4. The Balaban J connectivity index is 1.71. The molecule has 19 heavy (non-hydrogen) atoms. The van der Waals surface area contributed by atoms with Crippen LogP contribution in [0.1, 0.15) is 19.3 Å². The van der Waals surface area contributed by atoms with Crippen molar-refractivity contribution in [3.05, 3.63) is 0 Å². The van der Waals surface area contributed by atoms with Gasteiger partial charge in [0.2, 0.25) is 11.8 Å². The smallest absolute Gasteiger partial charge is 0.246 e. The molecule has 0 aromatic rings. The molecule has 2 aliphatic heterocycles. The number of ether oxygens (including phenoxy) is 2. The van der Waals surface area contributed by atoms with Crippen molar-refractivity contribution in [1.82, 2.24) is 10.2 Å². The lowest BCUT2D eigenvalue weighted by atomic mass is 10.00. The van der Waals surface area contributed by atoms with Gasteiger partial charge < -0.3 is 19.7 Å². The van der Waals surface area contributed by atoms with E-state index < -0.39 is 5.60 Å². The molecule has 0 spiro atoms. The fourth-order valence-electron chi connectivity index (χ4n) is 2.90. The first-order valence-electron chi connectivity index (χ1n) is 6.85. The van der Waals surface area contributed by atoms with Gasteiger partial charge in [0.1, 0.15) is 11.6 Å². The lowest BCUT2D eigenvalue weighted by molar-refractivity contribution is -0.149. The predicted octanol–water partition coefficient (Wildman–Crippen LogP) is -0.471. The second kappa shape index (κ2) is 4.76. The van der Waals surface area contributed by atoms with Gasteiger partial charge in [0.05, 0.1) is 19.7 Å². The van der Waals surface area contributed by atoms with Crippen molar-refractivity contribution in [3.63, 3.8) is 0 Å². The standard InChI is InChI=1S/C13H20N2O4/c1-18-13(4-5-19-8-13)7-15-6-10(16)14-11(12(15)17)9-2-3-9/h9,11H,2-8H2,1H3,(H,14,16). The van der Waals surface area contributed by atoms with Crippen molar-refractivity contribution in [2.24, 2.45) is 5.92 Å². The van der Waals surface area contributed by atoms with Crippen molar-refractivity contribution in [2.45, 2.75) is 30.9 Å².